The van der Waals surface area contributed by atoms with Crippen molar-refractivity contribution in [1.82, 2.24) is 9.99 Å². The molecule has 0 spiro atoms. The Balaban J connectivity index is 1.49. The number of rotatable bonds is 8. The van der Waals surface area contributed by atoms with Gasteiger partial charge < -0.3 is 20.1 Å². The number of hydrogen-bond acceptors (Lipinski definition) is 5. The van der Waals surface area contributed by atoms with Gasteiger partial charge in [-0.15, -0.1) is 0 Å². The Morgan fingerprint density at radius 2 is 1.67 bits per heavy atom. The number of aromatic nitrogens is 1. The monoisotopic (exact) mass is 548 g/mol. The predicted molar refractivity (Wildman–Crippen MR) is 151 cm³/mol. The number of hydrogen-bond donors (Lipinski definition) is 3. The molecule has 4 aromatic rings. The number of benzene rings is 3. The number of nitrogens with one attached hydrogen (secondary N) is 3. The summed E-state index contributed by atoms with van der Waals surface area (Å²) < 4.78 is 11.8. The summed E-state index contributed by atoms with van der Waals surface area (Å²) in [4.78, 5) is 38.8. The number of ether oxygens (including phenoxy) is 2. The van der Waals surface area contributed by atoms with Gasteiger partial charge in [-0.25, -0.2) is 4.68 Å². The molecule has 4 rings (SSSR count). The van der Waals surface area contributed by atoms with Crippen molar-refractivity contribution in [1.29, 1.82) is 0 Å². The molecule has 0 saturated carbocycles. The van der Waals surface area contributed by atoms with Crippen molar-refractivity contribution in [2.75, 3.05) is 31.5 Å². The van der Waals surface area contributed by atoms with E-state index in [4.69, 9.17) is 21.1 Å². The molecular weight excluding hydrogens is 520 g/mol. The first-order chi connectivity index (χ1) is 18.7. The van der Waals surface area contributed by atoms with Gasteiger partial charge in [-0.3, -0.25) is 19.8 Å². The number of methoxy groups -OCH3 is 2. The van der Waals surface area contributed by atoms with Crippen LogP contribution in [0.3, 0.4) is 0 Å². The zero-order valence-corrected chi connectivity index (χ0v) is 22.8. The maximum absolute atomic E-state index is 13.3. The molecule has 1 aromatic heterocycles. The lowest BCUT2D eigenvalue weighted by molar-refractivity contribution is -0.136. The van der Waals surface area contributed by atoms with Crippen LogP contribution in [0.5, 0.6) is 11.5 Å². The Morgan fingerprint density at radius 1 is 0.897 bits per heavy atom. The first kappa shape index (κ1) is 27.5. The third-order valence-electron chi connectivity index (χ3n) is 6.42. The van der Waals surface area contributed by atoms with E-state index in [1.807, 2.05) is 38.1 Å². The van der Waals surface area contributed by atoms with Gasteiger partial charge >= 0.3 is 11.8 Å². The normalized spacial score (nSPS) is 10.7. The van der Waals surface area contributed by atoms with Crippen LogP contribution in [0.2, 0.25) is 5.02 Å². The molecule has 0 aliphatic rings. The predicted octanol–water partition coefficient (Wildman–Crippen LogP) is 4.61. The highest BCUT2D eigenvalue weighted by Gasteiger charge is 2.21. The Morgan fingerprint density at radius 3 is 2.41 bits per heavy atom. The van der Waals surface area contributed by atoms with Crippen molar-refractivity contribution >= 4 is 45.9 Å². The lowest BCUT2D eigenvalue weighted by Crippen LogP contribution is -2.40. The van der Waals surface area contributed by atoms with Crippen molar-refractivity contribution in [3.63, 3.8) is 0 Å². The van der Waals surface area contributed by atoms with Crippen molar-refractivity contribution in [2.24, 2.45) is 0 Å². The summed E-state index contributed by atoms with van der Waals surface area (Å²) in [5, 5.41) is 6.60. The molecule has 0 saturated heterocycles. The smallest absolute Gasteiger partial charge is 0.328 e. The van der Waals surface area contributed by atoms with Crippen LogP contribution in [0.4, 0.5) is 5.69 Å². The summed E-state index contributed by atoms with van der Waals surface area (Å²) in [6, 6.07) is 17.6. The first-order valence-electron chi connectivity index (χ1n) is 12.2. The summed E-state index contributed by atoms with van der Waals surface area (Å²) >= 11 is 6.15. The zero-order chi connectivity index (χ0) is 28.1. The average molecular weight is 549 g/mol. The number of fused-ring (bicyclic) bond motifs is 1. The molecule has 9 nitrogen and oxygen atoms in total. The molecule has 0 aliphatic carbocycles. The highest BCUT2D eigenvalue weighted by molar-refractivity contribution is 6.38. The third-order valence-corrected chi connectivity index (χ3v) is 6.65. The van der Waals surface area contributed by atoms with Crippen molar-refractivity contribution in [3.8, 4) is 11.5 Å². The molecule has 1 heterocycles. The zero-order valence-electron chi connectivity index (χ0n) is 22.1. The molecule has 0 bridgehead atoms. The van der Waals surface area contributed by atoms with E-state index in [2.05, 4.69) is 16.1 Å². The van der Waals surface area contributed by atoms with Gasteiger partial charge in [-0.05, 0) is 79.4 Å². The second kappa shape index (κ2) is 11.9. The maximum atomic E-state index is 13.3. The molecule has 0 atom stereocenters. The lowest BCUT2D eigenvalue weighted by Gasteiger charge is -2.14. The largest absolute Gasteiger partial charge is 0.493 e. The number of anilines is 1. The molecule has 0 fully saturated rings. The fourth-order valence-electron chi connectivity index (χ4n) is 4.14. The van der Waals surface area contributed by atoms with Crippen LogP contribution in [0.15, 0.2) is 60.7 Å². The topological polar surface area (TPSA) is 111 Å². The van der Waals surface area contributed by atoms with Crippen molar-refractivity contribution < 1.29 is 23.9 Å². The average Bonchev–Trinajstić information content (AvgIpc) is 3.28. The number of halogens is 1. The van der Waals surface area contributed by atoms with E-state index < -0.39 is 17.7 Å². The van der Waals surface area contributed by atoms with E-state index in [0.29, 0.717) is 39.5 Å². The van der Waals surface area contributed by atoms with Gasteiger partial charge in [0, 0.05) is 22.6 Å². The Kier molecular flexibility index (Phi) is 8.41. The lowest BCUT2D eigenvalue weighted by atomic mass is 10.1. The minimum absolute atomic E-state index is 0.139. The number of nitrogens with zero attached hydrogens (tertiary/aromatic N) is 1. The standard InChI is InChI=1S/C29H29ClN4O5/c1-17-6-5-7-22(18(17)2)32-27(35)24-16-20-15-21(30)9-10-23(20)34(24)33-29(37)28(36)31-13-12-19-8-11-25(38-3)26(14-19)39-4/h5-11,14-16H,12-13H2,1-4H3,(H,31,36)(H,32,35)(H,33,37). The van der Waals surface area contributed by atoms with Crippen LogP contribution in [0.25, 0.3) is 10.9 Å². The molecule has 39 heavy (non-hydrogen) atoms. The number of carbonyl (C=O) groups is 3. The molecule has 3 N–H and O–H groups in total. The quantitative estimate of drug-likeness (QED) is 0.278. The van der Waals surface area contributed by atoms with Crippen LogP contribution >= 0.6 is 11.6 Å². The molecule has 0 radical (unpaired) electrons. The molecule has 3 aromatic carbocycles. The van der Waals surface area contributed by atoms with E-state index in [9.17, 15) is 14.4 Å². The highest BCUT2D eigenvalue weighted by atomic mass is 35.5. The Hall–Kier alpha value is -4.50. The van der Waals surface area contributed by atoms with E-state index in [-0.39, 0.29) is 12.2 Å². The van der Waals surface area contributed by atoms with E-state index >= 15 is 0 Å². The fraction of sp³-hybridized carbons (Fsp3) is 0.207. The van der Waals surface area contributed by atoms with Crippen LogP contribution in [0, 0.1) is 13.8 Å². The molecule has 0 unspecified atom stereocenters. The summed E-state index contributed by atoms with van der Waals surface area (Å²) in [6.07, 6.45) is 0.466. The minimum atomic E-state index is -0.921. The molecule has 0 aliphatic heterocycles. The Labute approximate surface area is 231 Å². The first-order valence-corrected chi connectivity index (χ1v) is 12.6. The van der Waals surface area contributed by atoms with Gasteiger partial charge in [0.15, 0.2) is 11.5 Å². The number of aryl methyl sites for hydroxylation is 1. The summed E-state index contributed by atoms with van der Waals surface area (Å²) in [5.74, 6) is -1.04. The maximum Gasteiger partial charge on any atom is 0.328 e. The number of carbonyl (C=O) groups excluding carboxylic acids is 3. The van der Waals surface area contributed by atoms with Gasteiger partial charge in [0.2, 0.25) is 0 Å². The number of amides is 3. The third kappa shape index (κ3) is 6.15. The van der Waals surface area contributed by atoms with Crippen molar-refractivity contribution in [2.45, 2.75) is 20.3 Å². The van der Waals surface area contributed by atoms with Crippen LogP contribution < -0.4 is 25.5 Å². The van der Waals surface area contributed by atoms with Gasteiger partial charge in [0.05, 0.1) is 19.7 Å². The molecule has 10 heteroatoms. The van der Waals surface area contributed by atoms with Crippen LogP contribution in [-0.2, 0) is 16.0 Å². The van der Waals surface area contributed by atoms with Crippen LogP contribution in [0.1, 0.15) is 27.2 Å². The fourth-order valence-corrected chi connectivity index (χ4v) is 4.32. The minimum Gasteiger partial charge on any atom is -0.493 e. The van der Waals surface area contributed by atoms with E-state index in [1.54, 1.807) is 50.6 Å². The van der Waals surface area contributed by atoms with Gasteiger partial charge in [0.25, 0.3) is 5.91 Å². The van der Waals surface area contributed by atoms with Crippen molar-refractivity contribution in [3.05, 3.63) is 88.1 Å². The molecular formula is C29H29ClN4O5. The summed E-state index contributed by atoms with van der Waals surface area (Å²) in [5.41, 5.74) is 6.70. The van der Waals surface area contributed by atoms with Gasteiger partial charge in [0.1, 0.15) is 5.69 Å². The summed E-state index contributed by atoms with van der Waals surface area (Å²) in [6.45, 7) is 4.08. The van der Waals surface area contributed by atoms with Crippen LogP contribution in [-0.4, -0.2) is 43.2 Å². The SMILES string of the molecule is COc1ccc(CCNC(=O)C(=O)Nn2c(C(=O)Nc3cccc(C)c3C)cc3cc(Cl)ccc32)cc1OC. The highest BCUT2D eigenvalue weighted by Crippen LogP contribution is 2.28. The van der Waals surface area contributed by atoms with Gasteiger partial charge in [-0.1, -0.05) is 29.8 Å². The Bertz CT molecular complexity index is 1560. The second-order valence-electron chi connectivity index (χ2n) is 8.91. The summed E-state index contributed by atoms with van der Waals surface area (Å²) in [7, 11) is 3.10. The molecule has 3 amide bonds. The van der Waals surface area contributed by atoms with E-state index in [1.165, 1.54) is 4.68 Å². The van der Waals surface area contributed by atoms with E-state index in [0.717, 1.165) is 16.7 Å². The second-order valence-corrected chi connectivity index (χ2v) is 9.34. The van der Waals surface area contributed by atoms with Gasteiger partial charge in [-0.2, -0.15) is 0 Å². The molecule has 202 valence electrons.